The molecule has 2 aromatic rings. The van der Waals surface area contributed by atoms with Gasteiger partial charge in [-0.05, 0) is 11.8 Å². The topological polar surface area (TPSA) is 30.7 Å². The van der Waals surface area contributed by atoms with Gasteiger partial charge in [0.2, 0.25) is 0 Å². The Bertz CT molecular complexity index is 451. The molecule has 0 aliphatic rings. The molecule has 4 heteroatoms. The van der Waals surface area contributed by atoms with Crippen molar-refractivity contribution >= 4 is 11.8 Å². The number of hydrogen-bond donors (Lipinski definition) is 0. The first-order valence-corrected chi connectivity index (χ1v) is 6.87. The third kappa shape index (κ3) is 2.36. The van der Waals surface area contributed by atoms with E-state index in [0.29, 0.717) is 0 Å². The molecule has 3 nitrogen and oxygen atoms in total. The van der Waals surface area contributed by atoms with E-state index >= 15 is 0 Å². The maximum absolute atomic E-state index is 4.26. The van der Waals surface area contributed by atoms with Crippen LogP contribution < -0.4 is 0 Å². The zero-order valence-corrected chi connectivity index (χ0v) is 11.2. The zero-order valence-electron chi connectivity index (χ0n) is 10.4. The standard InChI is InChI=1S/C13H17N3S/c1-13(2,11-7-5-4-6-8-11)12(17-3)16-10-14-9-15-16/h4-10,12H,1-3H3. The number of thioether (sulfide) groups is 1. The van der Waals surface area contributed by atoms with Crippen LogP contribution in [0, 0.1) is 0 Å². The minimum atomic E-state index is 0.00831. The van der Waals surface area contributed by atoms with Crippen LogP contribution >= 0.6 is 11.8 Å². The second-order valence-corrected chi connectivity index (χ2v) is 5.47. The van der Waals surface area contributed by atoms with Crippen LogP contribution in [-0.4, -0.2) is 21.0 Å². The molecule has 0 radical (unpaired) electrons. The smallest absolute Gasteiger partial charge is 0.137 e. The van der Waals surface area contributed by atoms with Crippen molar-refractivity contribution in [2.24, 2.45) is 0 Å². The van der Waals surface area contributed by atoms with E-state index < -0.39 is 0 Å². The Morgan fingerprint density at radius 2 is 1.94 bits per heavy atom. The molecule has 0 spiro atoms. The molecule has 1 unspecified atom stereocenters. The van der Waals surface area contributed by atoms with E-state index in [1.54, 1.807) is 24.4 Å². The van der Waals surface area contributed by atoms with E-state index in [-0.39, 0.29) is 10.8 Å². The molecule has 0 bridgehead atoms. The summed E-state index contributed by atoms with van der Waals surface area (Å²) in [5.74, 6) is 0. The molecule has 0 saturated carbocycles. The highest BCUT2D eigenvalue weighted by Gasteiger charge is 2.32. The molecule has 90 valence electrons. The van der Waals surface area contributed by atoms with Gasteiger partial charge in [-0.2, -0.15) is 5.10 Å². The first-order chi connectivity index (χ1) is 8.16. The van der Waals surface area contributed by atoms with Crippen molar-refractivity contribution in [1.82, 2.24) is 14.8 Å². The summed E-state index contributed by atoms with van der Waals surface area (Å²) in [6, 6.07) is 10.5. The van der Waals surface area contributed by atoms with Gasteiger partial charge < -0.3 is 0 Å². The van der Waals surface area contributed by atoms with E-state index in [2.05, 4.69) is 54.5 Å². The first kappa shape index (κ1) is 12.2. The van der Waals surface area contributed by atoms with Crippen molar-refractivity contribution < 1.29 is 0 Å². The number of hydrogen-bond acceptors (Lipinski definition) is 3. The summed E-state index contributed by atoms with van der Waals surface area (Å²) in [5, 5.41) is 4.51. The molecule has 0 N–H and O–H groups in total. The van der Waals surface area contributed by atoms with Crippen molar-refractivity contribution in [1.29, 1.82) is 0 Å². The van der Waals surface area contributed by atoms with Gasteiger partial charge in [-0.3, -0.25) is 0 Å². The van der Waals surface area contributed by atoms with E-state index in [9.17, 15) is 0 Å². The normalized spacial score (nSPS) is 13.6. The van der Waals surface area contributed by atoms with Crippen LogP contribution in [0.4, 0.5) is 0 Å². The summed E-state index contributed by atoms with van der Waals surface area (Å²) in [7, 11) is 0. The molecule has 0 amide bonds. The Morgan fingerprint density at radius 1 is 1.24 bits per heavy atom. The van der Waals surface area contributed by atoms with Gasteiger partial charge in [-0.15, -0.1) is 11.8 Å². The van der Waals surface area contributed by atoms with E-state index in [4.69, 9.17) is 0 Å². The highest BCUT2D eigenvalue weighted by atomic mass is 32.2. The number of nitrogens with zero attached hydrogens (tertiary/aromatic N) is 3. The molecular weight excluding hydrogens is 230 g/mol. The minimum Gasteiger partial charge on any atom is -0.239 e. The predicted molar refractivity (Wildman–Crippen MR) is 72.0 cm³/mol. The maximum Gasteiger partial charge on any atom is 0.137 e. The van der Waals surface area contributed by atoms with Crippen molar-refractivity contribution in [3.05, 3.63) is 48.5 Å². The average molecular weight is 247 g/mol. The van der Waals surface area contributed by atoms with Crippen LogP contribution in [0.3, 0.4) is 0 Å². The number of aromatic nitrogens is 3. The summed E-state index contributed by atoms with van der Waals surface area (Å²) in [5.41, 5.74) is 1.32. The van der Waals surface area contributed by atoms with Crippen LogP contribution in [0.25, 0.3) is 0 Å². The molecule has 0 aliphatic heterocycles. The fraction of sp³-hybridized carbons (Fsp3) is 0.385. The Balaban J connectivity index is 2.37. The van der Waals surface area contributed by atoms with Gasteiger partial charge in [-0.1, -0.05) is 44.2 Å². The molecule has 1 aromatic heterocycles. The lowest BCUT2D eigenvalue weighted by Gasteiger charge is -2.33. The first-order valence-electron chi connectivity index (χ1n) is 5.58. The van der Waals surface area contributed by atoms with Crippen molar-refractivity contribution in [2.75, 3.05) is 6.26 Å². The van der Waals surface area contributed by atoms with Gasteiger partial charge in [0.15, 0.2) is 0 Å². The molecular formula is C13H17N3S. The van der Waals surface area contributed by atoms with E-state index in [1.807, 2.05) is 10.7 Å². The van der Waals surface area contributed by atoms with Gasteiger partial charge >= 0.3 is 0 Å². The molecule has 0 fully saturated rings. The molecule has 17 heavy (non-hydrogen) atoms. The average Bonchev–Trinajstić information content (AvgIpc) is 2.84. The Morgan fingerprint density at radius 3 is 2.47 bits per heavy atom. The van der Waals surface area contributed by atoms with Crippen LogP contribution in [0.15, 0.2) is 43.0 Å². The molecule has 1 aromatic carbocycles. The van der Waals surface area contributed by atoms with Gasteiger partial charge in [0.05, 0.1) is 0 Å². The lowest BCUT2D eigenvalue weighted by molar-refractivity contribution is 0.395. The van der Waals surface area contributed by atoms with Gasteiger partial charge in [0, 0.05) is 5.41 Å². The quantitative estimate of drug-likeness (QED) is 0.831. The molecule has 0 aliphatic carbocycles. The van der Waals surface area contributed by atoms with Crippen molar-refractivity contribution in [3.8, 4) is 0 Å². The molecule has 0 saturated heterocycles. The second-order valence-electron chi connectivity index (χ2n) is 4.55. The Labute approximate surface area is 106 Å². The maximum atomic E-state index is 4.26. The van der Waals surface area contributed by atoms with Gasteiger partial charge in [0.25, 0.3) is 0 Å². The van der Waals surface area contributed by atoms with Gasteiger partial charge in [-0.25, -0.2) is 9.67 Å². The fourth-order valence-electron chi connectivity index (χ4n) is 2.08. The van der Waals surface area contributed by atoms with Crippen molar-refractivity contribution in [3.63, 3.8) is 0 Å². The molecule has 1 atom stereocenters. The Kier molecular flexibility index (Phi) is 3.52. The number of benzene rings is 1. The monoisotopic (exact) mass is 247 g/mol. The summed E-state index contributed by atoms with van der Waals surface area (Å²) in [6.45, 7) is 4.48. The fourth-order valence-corrected chi connectivity index (χ4v) is 3.13. The van der Waals surface area contributed by atoms with Crippen molar-refractivity contribution in [2.45, 2.75) is 24.6 Å². The zero-order chi connectivity index (χ0) is 12.3. The summed E-state index contributed by atoms with van der Waals surface area (Å²) in [6.07, 6.45) is 5.48. The minimum absolute atomic E-state index is 0.00831. The lowest BCUT2D eigenvalue weighted by atomic mass is 9.84. The van der Waals surface area contributed by atoms with Crippen LogP contribution in [0.1, 0.15) is 24.8 Å². The molecule has 1 heterocycles. The summed E-state index contributed by atoms with van der Waals surface area (Å²) in [4.78, 5) is 4.04. The largest absolute Gasteiger partial charge is 0.239 e. The highest BCUT2D eigenvalue weighted by Crippen LogP contribution is 2.40. The Hall–Kier alpha value is -1.29. The third-order valence-corrected chi connectivity index (χ3v) is 4.29. The second kappa shape index (κ2) is 4.92. The van der Waals surface area contributed by atoms with Crippen LogP contribution in [0.5, 0.6) is 0 Å². The van der Waals surface area contributed by atoms with Crippen LogP contribution in [-0.2, 0) is 5.41 Å². The van der Waals surface area contributed by atoms with Crippen LogP contribution in [0.2, 0.25) is 0 Å². The third-order valence-electron chi connectivity index (χ3n) is 3.04. The SMILES string of the molecule is CSC(n1cncn1)C(C)(C)c1ccccc1. The highest BCUT2D eigenvalue weighted by molar-refractivity contribution is 7.98. The lowest BCUT2D eigenvalue weighted by Crippen LogP contribution is -2.29. The summed E-state index contributed by atoms with van der Waals surface area (Å²) >= 11 is 1.79. The molecule has 2 rings (SSSR count). The van der Waals surface area contributed by atoms with Gasteiger partial charge in [0.1, 0.15) is 18.0 Å². The van der Waals surface area contributed by atoms with E-state index in [1.165, 1.54) is 5.56 Å². The predicted octanol–water partition coefficient (Wildman–Crippen LogP) is 3.12. The summed E-state index contributed by atoms with van der Waals surface area (Å²) < 4.78 is 1.93. The number of rotatable bonds is 4. The van der Waals surface area contributed by atoms with E-state index in [0.717, 1.165) is 0 Å².